The molecule has 4 heterocycles. The zero-order valence-corrected chi connectivity index (χ0v) is 10.2. The van der Waals surface area contributed by atoms with Crippen LogP contribution in [0.4, 0.5) is 0 Å². The maximum atomic E-state index is 6.36. The lowest BCUT2D eigenvalue weighted by molar-refractivity contribution is -0.985. The molecule has 15 heavy (non-hydrogen) atoms. The van der Waals surface area contributed by atoms with Gasteiger partial charge in [0.15, 0.2) is 5.50 Å². The highest BCUT2D eigenvalue weighted by molar-refractivity contribution is 6.20. The summed E-state index contributed by atoms with van der Waals surface area (Å²) in [6.07, 6.45) is 1.87. The molecule has 4 saturated heterocycles. The zero-order chi connectivity index (χ0) is 9.76. The van der Waals surface area contributed by atoms with E-state index in [1.165, 1.54) is 0 Å². The maximum absolute atomic E-state index is 6.36. The molecule has 0 aromatic heterocycles. The molecule has 0 spiro atoms. The average molecular weight is 251 g/mol. The Hall–Kier alpha value is 0.160. The van der Waals surface area contributed by atoms with Crippen LogP contribution < -0.4 is 12.4 Å². The van der Waals surface area contributed by atoms with Crippen LogP contribution in [0.1, 0.15) is 0 Å². The van der Waals surface area contributed by atoms with E-state index in [9.17, 15) is 0 Å². The summed E-state index contributed by atoms with van der Waals surface area (Å²) in [6, 6.07) is 0. The topological polar surface area (TPSA) is 9.72 Å². The standard InChI is InChI=1S/C9H16ClN4.ClH/c1-2-9(10)14-6-11-3-12(7-14)5-13(4-11)8-14;/h2,9H,1,3-8H2;1H/q+1;/p-1. The molecular formula is C9H16Cl2N4. The van der Waals surface area contributed by atoms with Gasteiger partial charge in [0.2, 0.25) is 0 Å². The molecule has 0 saturated carbocycles. The van der Waals surface area contributed by atoms with Crippen molar-refractivity contribution in [2.75, 3.05) is 40.0 Å². The van der Waals surface area contributed by atoms with Crippen LogP contribution >= 0.6 is 11.6 Å². The Bertz CT molecular complexity index is 236. The van der Waals surface area contributed by atoms with Gasteiger partial charge in [-0.2, -0.15) is 0 Å². The van der Waals surface area contributed by atoms with Crippen LogP contribution in [0.3, 0.4) is 0 Å². The summed E-state index contributed by atoms with van der Waals surface area (Å²) in [6.45, 7) is 10.4. The van der Waals surface area contributed by atoms with Gasteiger partial charge >= 0.3 is 0 Å². The Morgan fingerprint density at radius 1 is 1.07 bits per heavy atom. The third kappa shape index (κ3) is 1.69. The fraction of sp³-hybridized carbons (Fsp3) is 0.778. The van der Waals surface area contributed by atoms with Crippen LogP contribution in [0.2, 0.25) is 0 Å². The normalized spacial score (nSPS) is 48.5. The van der Waals surface area contributed by atoms with Gasteiger partial charge in [-0.3, -0.25) is 4.48 Å². The minimum absolute atomic E-state index is 0. The molecule has 4 aliphatic heterocycles. The third-order valence-electron chi connectivity index (χ3n) is 3.36. The van der Waals surface area contributed by atoms with Gasteiger partial charge in [0.05, 0.1) is 20.0 Å². The molecule has 4 rings (SSSR count). The van der Waals surface area contributed by atoms with E-state index in [4.69, 9.17) is 11.6 Å². The van der Waals surface area contributed by atoms with Crippen molar-refractivity contribution in [2.45, 2.75) is 5.50 Å². The van der Waals surface area contributed by atoms with E-state index >= 15 is 0 Å². The number of nitrogens with zero attached hydrogens (tertiary/aromatic N) is 4. The molecule has 6 heteroatoms. The molecular weight excluding hydrogens is 235 g/mol. The molecule has 0 N–H and O–H groups in total. The number of rotatable bonds is 2. The van der Waals surface area contributed by atoms with Crippen LogP contribution in [-0.2, 0) is 0 Å². The molecule has 1 unspecified atom stereocenters. The van der Waals surface area contributed by atoms with E-state index < -0.39 is 0 Å². The first-order valence-electron chi connectivity index (χ1n) is 5.01. The van der Waals surface area contributed by atoms with Gasteiger partial charge in [-0.25, -0.2) is 14.7 Å². The van der Waals surface area contributed by atoms with Crippen molar-refractivity contribution >= 4 is 11.6 Å². The minimum atomic E-state index is 0. The van der Waals surface area contributed by atoms with Crippen molar-refractivity contribution in [1.82, 2.24) is 14.7 Å². The second-order valence-electron chi connectivity index (χ2n) is 4.69. The fourth-order valence-electron chi connectivity index (χ4n) is 3.04. The van der Waals surface area contributed by atoms with Crippen molar-refractivity contribution in [3.05, 3.63) is 12.7 Å². The van der Waals surface area contributed by atoms with Crippen LogP contribution in [0.5, 0.6) is 0 Å². The molecule has 4 bridgehead atoms. The van der Waals surface area contributed by atoms with Gasteiger partial charge in [-0.05, 0) is 6.08 Å². The van der Waals surface area contributed by atoms with E-state index in [0.717, 1.165) is 44.5 Å². The summed E-state index contributed by atoms with van der Waals surface area (Å²) in [5.74, 6) is 0. The lowest BCUT2D eigenvalue weighted by atomic mass is 10.3. The highest BCUT2D eigenvalue weighted by Gasteiger charge is 2.51. The second kappa shape index (κ2) is 3.87. The predicted octanol–water partition coefficient (Wildman–Crippen LogP) is -2.75. The van der Waals surface area contributed by atoms with E-state index in [0.29, 0.717) is 0 Å². The molecule has 0 amide bonds. The molecule has 1 atom stereocenters. The smallest absolute Gasteiger partial charge is 0.186 e. The summed E-state index contributed by atoms with van der Waals surface area (Å²) in [5.41, 5.74) is 0.0448. The Kier molecular flexibility index (Phi) is 3.01. The van der Waals surface area contributed by atoms with Crippen molar-refractivity contribution in [1.29, 1.82) is 0 Å². The summed E-state index contributed by atoms with van der Waals surface area (Å²) >= 11 is 6.36. The maximum Gasteiger partial charge on any atom is 0.186 e. The van der Waals surface area contributed by atoms with Crippen LogP contribution in [-0.4, -0.2) is 64.7 Å². The minimum Gasteiger partial charge on any atom is -1.00 e. The van der Waals surface area contributed by atoms with E-state index in [1.807, 2.05) is 6.08 Å². The molecule has 4 nitrogen and oxygen atoms in total. The van der Waals surface area contributed by atoms with Gasteiger partial charge in [-0.1, -0.05) is 18.2 Å². The Balaban J connectivity index is 0.000000853. The predicted molar refractivity (Wildman–Crippen MR) is 54.8 cm³/mol. The van der Waals surface area contributed by atoms with Crippen molar-refractivity contribution in [3.63, 3.8) is 0 Å². The first-order valence-corrected chi connectivity index (χ1v) is 5.45. The Morgan fingerprint density at radius 2 is 1.47 bits per heavy atom. The summed E-state index contributed by atoms with van der Waals surface area (Å²) in [7, 11) is 0. The van der Waals surface area contributed by atoms with E-state index in [1.54, 1.807) is 0 Å². The third-order valence-corrected chi connectivity index (χ3v) is 3.95. The van der Waals surface area contributed by atoms with Gasteiger partial charge < -0.3 is 12.4 Å². The van der Waals surface area contributed by atoms with Gasteiger partial charge in [0.1, 0.15) is 20.0 Å². The first-order chi connectivity index (χ1) is 6.72. The molecule has 86 valence electrons. The highest BCUT2D eigenvalue weighted by atomic mass is 35.5. The number of hydrogen-bond donors (Lipinski definition) is 0. The van der Waals surface area contributed by atoms with Crippen molar-refractivity contribution < 1.29 is 16.9 Å². The SMILES string of the molecule is C=CC(Cl)[N+]12CN3CN(CN(C3)C1)C2.[Cl-]. The lowest BCUT2D eigenvalue weighted by Crippen LogP contribution is -3.00. The van der Waals surface area contributed by atoms with Gasteiger partial charge in [0.25, 0.3) is 0 Å². The van der Waals surface area contributed by atoms with E-state index in [2.05, 4.69) is 21.3 Å². The van der Waals surface area contributed by atoms with Gasteiger partial charge in [0, 0.05) is 0 Å². The number of alkyl halides is 1. The van der Waals surface area contributed by atoms with Crippen molar-refractivity contribution in [2.24, 2.45) is 0 Å². The van der Waals surface area contributed by atoms with Crippen LogP contribution in [0, 0.1) is 0 Å². The number of hydrogen-bond acceptors (Lipinski definition) is 3. The fourth-order valence-corrected chi connectivity index (χ4v) is 3.22. The zero-order valence-electron chi connectivity index (χ0n) is 8.65. The van der Waals surface area contributed by atoms with Crippen LogP contribution in [0.15, 0.2) is 12.7 Å². The van der Waals surface area contributed by atoms with E-state index in [-0.39, 0.29) is 17.9 Å². The largest absolute Gasteiger partial charge is 1.00 e. The molecule has 0 aromatic rings. The number of quaternary nitrogens is 1. The molecule has 4 fully saturated rings. The molecule has 0 radical (unpaired) electrons. The monoisotopic (exact) mass is 250 g/mol. The highest BCUT2D eigenvalue weighted by Crippen LogP contribution is 2.32. The second-order valence-corrected chi connectivity index (χ2v) is 5.14. The summed E-state index contributed by atoms with van der Waals surface area (Å²) < 4.78 is 0.936. The van der Waals surface area contributed by atoms with Crippen LogP contribution in [0.25, 0.3) is 0 Å². The Labute approximate surface area is 102 Å². The van der Waals surface area contributed by atoms with Crippen molar-refractivity contribution in [3.8, 4) is 0 Å². The Morgan fingerprint density at radius 3 is 1.80 bits per heavy atom. The summed E-state index contributed by atoms with van der Waals surface area (Å²) in [5, 5.41) is 0. The average Bonchev–Trinajstić information content (AvgIpc) is 2.14. The molecule has 4 aliphatic rings. The quantitative estimate of drug-likeness (QED) is 0.228. The first kappa shape index (κ1) is 11.6. The van der Waals surface area contributed by atoms with Gasteiger partial charge in [-0.15, -0.1) is 0 Å². The number of halogens is 2. The molecule has 0 aliphatic carbocycles. The molecule has 0 aromatic carbocycles. The lowest BCUT2D eigenvalue weighted by Gasteiger charge is -2.61. The summed E-state index contributed by atoms with van der Waals surface area (Å²) in [4.78, 5) is 7.36.